The van der Waals surface area contributed by atoms with E-state index in [0.717, 1.165) is 37.3 Å². The summed E-state index contributed by atoms with van der Waals surface area (Å²) in [6, 6.07) is 8.33. The van der Waals surface area contributed by atoms with Gasteiger partial charge < -0.3 is 15.4 Å². The van der Waals surface area contributed by atoms with Crippen molar-refractivity contribution < 1.29 is 4.74 Å². The van der Waals surface area contributed by atoms with Gasteiger partial charge in [0.05, 0.1) is 19.8 Å². The molecule has 1 aliphatic rings. The molecule has 0 spiro atoms. The van der Waals surface area contributed by atoms with Gasteiger partial charge in [-0.15, -0.1) is 35.7 Å². The van der Waals surface area contributed by atoms with E-state index in [1.807, 2.05) is 11.8 Å². The third-order valence-corrected chi connectivity index (χ3v) is 4.62. The molecule has 1 aromatic rings. The fourth-order valence-electron chi connectivity index (χ4n) is 1.90. The molecule has 1 heterocycles. The largest absolute Gasteiger partial charge is 0.378 e. The van der Waals surface area contributed by atoms with Crippen LogP contribution < -0.4 is 5.73 Å². The summed E-state index contributed by atoms with van der Waals surface area (Å²) in [7, 11) is 0. The maximum absolute atomic E-state index is 6.01. The second kappa shape index (κ2) is 9.91. The van der Waals surface area contributed by atoms with Crippen molar-refractivity contribution in [3.63, 3.8) is 0 Å². The van der Waals surface area contributed by atoms with Gasteiger partial charge in [-0.2, -0.15) is 0 Å². The Kier molecular flexibility index (Phi) is 9.00. The molecule has 0 aromatic heterocycles. The number of guanidine groups is 1. The quantitative estimate of drug-likeness (QED) is 0.308. The Balaban J connectivity index is 0.00000220. The molecule has 21 heavy (non-hydrogen) atoms. The van der Waals surface area contributed by atoms with Gasteiger partial charge >= 0.3 is 0 Å². The molecular weight excluding hydrogens is 465 g/mol. The van der Waals surface area contributed by atoms with Crippen LogP contribution in [0, 0.1) is 0 Å². The van der Waals surface area contributed by atoms with Crippen molar-refractivity contribution in [1.82, 2.24) is 4.90 Å². The maximum Gasteiger partial charge on any atom is 0.191 e. The third-order valence-electron chi connectivity index (χ3n) is 3.00. The summed E-state index contributed by atoms with van der Waals surface area (Å²) in [5.74, 6) is 0.636. The van der Waals surface area contributed by atoms with Gasteiger partial charge in [-0.05, 0) is 24.3 Å². The van der Waals surface area contributed by atoms with Crippen LogP contribution in [0.1, 0.15) is 6.92 Å². The summed E-state index contributed by atoms with van der Waals surface area (Å²) in [6.07, 6.45) is 0. The van der Waals surface area contributed by atoms with E-state index in [1.165, 1.54) is 4.90 Å². The number of halogens is 2. The van der Waals surface area contributed by atoms with Crippen LogP contribution in [-0.2, 0) is 4.74 Å². The maximum atomic E-state index is 6.01. The Morgan fingerprint density at radius 2 is 2.00 bits per heavy atom. The lowest BCUT2D eigenvalue weighted by atomic mass is 10.4. The van der Waals surface area contributed by atoms with Crippen LogP contribution in [-0.4, -0.2) is 49.0 Å². The number of ether oxygens (including phenoxy) is 1. The standard InChI is InChI=1S/C14H20BrN3OS.HI/c1-11(20-13-4-2-12(15)3-5-13)10-17-14(16)18-6-8-19-9-7-18;/h2-5,11H,6-10H2,1H3,(H2,16,17);1H. The van der Waals surface area contributed by atoms with Gasteiger partial charge in [0, 0.05) is 27.7 Å². The fraction of sp³-hybridized carbons (Fsp3) is 0.500. The molecule has 0 saturated carbocycles. The van der Waals surface area contributed by atoms with E-state index in [4.69, 9.17) is 10.5 Å². The summed E-state index contributed by atoms with van der Waals surface area (Å²) < 4.78 is 6.40. The number of hydrogen-bond donors (Lipinski definition) is 1. The lowest BCUT2D eigenvalue weighted by Gasteiger charge is -2.27. The lowest BCUT2D eigenvalue weighted by Crippen LogP contribution is -2.45. The van der Waals surface area contributed by atoms with Crippen LogP contribution in [0.5, 0.6) is 0 Å². The summed E-state index contributed by atoms with van der Waals surface area (Å²) in [5, 5.41) is 0.399. The minimum atomic E-state index is 0. The number of nitrogens with two attached hydrogens (primary N) is 1. The average Bonchev–Trinajstić information content (AvgIpc) is 2.48. The number of aliphatic imine (C=N–C) groups is 1. The summed E-state index contributed by atoms with van der Waals surface area (Å²) in [5.41, 5.74) is 6.01. The molecule has 0 aliphatic carbocycles. The van der Waals surface area contributed by atoms with Crippen LogP contribution in [0.2, 0.25) is 0 Å². The summed E-state index contributed by atoms with van der Waals surface area (Å²) in [4.78, 5) is 7.83. The van der Waals surface area contributed by atoms with Crippen molar-refractivity contribution in [2.75, 3.05) is 32.8 Å². The van der Waals surface area contributed by atoms with E-state index in [2.05, 4.69) is 57.0 Å². The van der Waals surface area contributed by atoms with E-state index in [-0.39, 0.29) is 24.0 Å². The first-order valence-corrected chi connectivity index (χ1v) is 8.37. The zero-order valence-corrected chi connectivity index (χ0v) is 16.7. The molecule has 1 aromatic carbocycles. The molecule has 1 fully saturated rings. The molecule has 0 amide bonds. The number of benzene rings is 1. The highest BCUT2D eigenvalue weighted by Crippen LogP contribution is 2.24. The molecule has 1 saturated heterocycles. The van der Waals surface area contributed by atoms with Crippen LogP contribution in [0.4, 0.5) is 0 Å². The minimum Gasteiger partial charge on any atom is -0.378 e. The average molecular weight is 486 g/mol. The Bertz CT molecular complexity index is 452. The Hall–Kier alpha value is 0.01000. The third kappa shape index (κ3) is 6.75. The molecule has 118 valence electrons. The van der Waals surface area contributed by atoms with E-state index in [1.54, 1.807) is 0 Å². The van der Waals surface area contributed by atoms with E-state index in [0.29, 0.717) is 11.2 Å². The van der Waals surface area contributed by atoms with Crippen molar-refractivity contribution in [2.45, 2.75) is 17.1 Å². The normalized spacial score (nSPS) is 17.2. The number of hydrogen-bond acceptors (Lipinski definition) is 3. The van der Waals surface area contributed by atoms with Gasteiger partial charge in [0.2, 0.25) is 0 Å². The Morgan fingerprint density at radius 3 is 2.62 bits per heavy atom. The van der Waals surface area contributed by atoms with Gasteiger partial charge in [0.25, 0.3) is 0 Å². The van der Waals surface area contributed by atoms with E-state index < -0.39 is 0 Å². The van der Waals surface area contributed by atoms with Crippen molar-refractivity contribution in [1.29, 1.82) is 0 Å². The lowest BCUT2D eigenvalue weighted by molar-refractivity contribution is 0.0674. The molecule has 0 bridgehead atoms. The Morgan fingerprint density at radius 1 is 1.38 bits per heavy atom. The highest BCUT2D eigenvalue weighted by molar-refractivity contribution is 14.0. The van der Waals surface area contributed by atoms with E-state index in [9.17, 15) is 0 Å². The number of rotatable bonds is 4. The van der Waals surface area contributed by atoms with Crippen molar-refractivity contribution in [3.05, 3.63) is 28.7 Å². The highest BCUT2D eigenvalue weighted by Gasteiger charge is 2.12. The second-order valence-electron chi connectivity index (χ2n) is 4.68. The van der Waals surface area contributed by atoms with Crippen molar-refractivity contribution >= 4 is 57.6 Å². The molecule has 1 unspecified atom stereocenters. The molecular formula is C14H21BrIN3OS. The van der Waals surface area contributed by atoms with Gasteiger partial charge in [0.15, 0.2) is 5.96 Å². The zero-order valence-electron chi connectivity index (χ0n) is 12.0. The van der Waals surface area contributed by atoms with Gasteiger partial charge in [0.1, 0.15) is 0 Å². The van der Waals surface area contributed by atoms with Gasteiger partial charge in [-0.3, -0.25) is 4.99 Å². The molecule has 2 N–H and O–H groups in total. The summed E-state index contributed by atoms with van der Waals surface area (Å²) >= 11 is 5.26. The Labute approximate surface area is 156 Å². The van der Waals surface area contributed by atoms with E-state index >= 15 is 0 Å². The van der Waals surface area contributed by atoms with Crippen LogP contribution >= 0.6 is 51.7 Å². The fourth-order valence-corrected chi connectivity index (χ4v) is 3.07. The number of nitrogens with zero attached hydrogens (tertiary/aromatic N) is 2. The number of thioether (sulfide) groups is 1. The molecule has 1 atom stereocenters. The predicted octanol–water partition coefficient (Wildman–Crippen LogP) is 3.19. The SMILES string of the molecule is CC(CN=C(N)N1CCOCC1)Sc1ccc(Br)cc1.I. The monoisotopic (exact) mass is 485 g/mol. The first-order chi connectivity index (χ1) is 9.65. The number of morpholine rings is 1. The van der Waals surface area contributed by atoms with Crippen molar-refractivity contribution in [3.8, 4) is 0 Å². The molecule has 0 radical (unpaired) electrons. The van der Waals surface area contributed by atoms with Crippen molar-refractivity contribution in [2.24, 2.45) is 10.7 Å². The molecule has 1 aliphatic heterocycles. The van der Waals surface area contributed by atoms with Gasteiger partial charge in [-0.25, -0.2) is 0 Å². The predicted molar refractivity (Wildman–Crippen MR) is 104 cm³/mol. The highest BCUT2D eigenvalue weighted by atomic mass is 127. The van der Waals surface area contributed by atoms with Gasteiger partial charge in [-0.1, -0.05) is 22.9 Å². The molecule has 4 nitrogen and oxygen atoms in total. The molecule has 7 heteroatoms. The van der Waals surface area contributed by atoms with Crippen LogP contribution in [0.3, 0.4) is 0 Å². The first kappa shape index (κ1) is 19.1. The summed E-state index contributed by atoms with van der Waals surface area (Å²) in [6.45, 7) is 6.04. The van der Waals surface area contributed by atoms with Crippen LogP contribution in [0.15, 0.2) is 38.6 Å². The molecule has 2 rings (SSSR count). The van der Waals surface area contributed by atoms with Crippen LogP contribution in [0.25, 0.3) is 0 Å². The smallest absolute Gasteiger partial charge is 0.191 e. The first-order valence-electron chi connectivity index (χ1n) is 6.70. The topological polar surface area (TPSA) is 50.8 Å². The zero-order chi connectivity index (χ0) is 14.4. The second-order valence-corrected chi connectivity index (χ2v) is 7.11. The minimum absolute atomic E-state index is 0.